The summed E-state index contributed by atoms with van der Waals surface area (Å²) in [6.45, 7) is 0.305. The molecular weight excluding hydrogens is 327 g/mol. The fraction of sp³-hybridized carbons (Fsp3) is 0.182. The van der Waals surface area contributed by atoms with E-state index in [0.717, 1.165) is 16.9 Å². The minimum atomic E-state index is -3.52. The first-order valence-electron chi connectivity index (χ1n) is 5.33. The highest BCUT2D eigenvalue weighted by molar-refractivity contribution is 7.91. The standard InChI is InChI=1S/C11H10Cl2N2O2S2/c12-9-3-1-8(2-4-9)5-6-15-19(16,17)10-7-14-11(13)18-10/h1-4,7,15H,5-6H2. The van der Waals surface area contributed by atoms with Gasteiger partial charge < -0.3 is 0 Å². The van der Waals surface area contributed by atoms with Crippen LogP contribution in [0.4, 0.5) is 0 Å². The Kier molecular flexibility index (Phi) is 4.81. The molecule has 0 saturated heterocycles. The van der Waals surface area contributed by atoms with Gasteiger partial charge in [-0.2, -0.15) is 0 Å². The van der Waals surface area contributed by atoms with Crippen LogP contribution >= 0.6 is 34.5 Å². The fourth-order valence-electron chi connectivity index (χ4n) is 1.42. The summed E-state index contributed by atoms with van der Waals surface area (Å²) in [6.07, 6.45) is 1.83. The number of aromatic nitrogens is 1. The van der Waals surface area contributed by atoms with Crippen LogP contribution in [-0.4, -0.2) is 19.9 Å². The van der Waals surface area contributed by atoms with E-state index in [1.54, 1.807) is 12.1 Å². The van der Waals surface area contributed by atoms with Crippen molar-refractivity contribution in [1.82, 2.24) is 9.71 Å². The van der Waals surface area contributed by atoms with Crippen LogP contribution in [0.15, 0.2) is 34.7 Å². The van der Waals surface area contributed by atoms with Crippen molar-refractivity contribution in [3.8, 4) is 0 Å². The summed E-state index contributed by atoms with van der Waals surface area (Å²) in [4.78, 5) is 3.71. The van der Waals surface area contributed by atoms with Gasteiger partial charge in [-0.25, -0.2) is 18.1 Å². The number of halogens is 2. The summed E-state index contributed by atoms with van der Waals surface area (Å²) in [5.74, 6) is 0. The lowest BCUT2D eigenvalue weighted by Crippen LogP contribution is -2.25. The predicted molar refractivity (Wildman–Crippen MR) is 77.5 cm³/mol. The van der Waals surface area contributed by atoms with Gasteiger partial charge in [0, 0.05) is 11.6 Å². The molecular formula is C11H10Cl2N2O2S2. The maximum atomic E-state index is 11.9. The Morgan fingerprint density at radius 3 is 2.47 bits per heavy atom. The van der Waals surface area contributed by atoms with Crippen molar-refractivity contribution < 1.29 is 8.42 Å². The van der Waals surface area contributed by atoms with E-state index in [1.807, 2.05) is 12.1 Å². The number of hydrogen-bond acceptors (Lipinski definition) is 4. The number of nitrogens with zero attached hydrogens (tertiary/aromatic N) is 1. The van der Waals surface area contributed by atoms with Crippen LogP contribution in [0.5, 0.6) is 0 Å². The molecule has 0 aliphatic rings. The van der Waals surface area contributed by atoms with Gasteiger partial charge in [0.15, 0.2) is 8.68 Å². The second-order valence-corrected chi connectivity index (χ2v) is 7.75. The Morgan fingerprint density at radius 1 is 1.21 bits per heavy atom. The van der Waals surface area contributed by atoms with Crippen LogP contribution < -0.4 is 4.72 Å². The highest BCUT2D eigenvalue weighted by Gasteiger charge is 2.16. The van der Waals surface area contributed by atoms with E-state index in [-0.39, 0.29) is 8.68 Å². The van der Waals surface area contributed by atoms with Gasteiger partial charge in [-0.3, -0.25) is 0 Å². The summed E-state index contributed by atoms with van der Waals surface area (Å²) >= 11 is 12.3. The Balaban J connectivity index is 1.93. The lowest BCUT2D eigenvalue weighted by molar-refractivity contribution is 0.583. The van der Waals surface area contributed by atoms with Crippen molar-refractivity contribution in [3.05, 3.63) is 45.5 Å². The lowest BCUT2D eigenvalue weighted by Gasteiger charge is -2.04. The molecule has 1 aromatic carbocycles. The van der Waals surface area contributed by atoms with E-state index in [1.165, 1.54) is 6.20 Å². The van der Waals surface area contributed by atoms with E-state index in [0.29, 0.717) is 18.0 Å². The quantitative estimate of drug-likeness (QED) is 0.913. The maximum Gasteiger partial charge on any atom is 0.251 e. The third-order valence-electron chi connectivity index (χ3n) is 2.34. The molecule has 0 atom stereocenters. The predicted octanol–water partition coefficient (Wildman–Crippen LogP) is 2.97. The van der Waals surface area contributed by atoms with E-state index in [9.17, 15) is 8.42 Å². The van der Waals surface area contributed by atoms with Crippen molar-refractivity contribution in [3.63, 3.8) is 0 Å². The number of rotatable bonds is 5. The van der Waals surface area contributed by atoms with Gasteiger partial charge >= 0.3 is 0 Å². The van der Waals surface area contributed by atoms with Gasteiger partial charge in [0.25, 0.3) is 10.0 Å². The molecule has 1 N–H and O–H groups in total. The topological polar surface area (TPSA) is 59.1 Å². The molecule has 0 bridgehead atoms. The highest BCUT2D eigenvalue weighted by atomic mass is 35.5. The van der Waals surface area contributed by atoms with Crippen molar-refractivity contribution in [2.24, 2.45) is 0 Å². The van der Waals surface area contributed by atoms with Gasteiger partial charge in [0.2, 0.25) is 0 Å². The molecule has 0 amide bonds. The van der Waals surface area contributed by atoms with E-state index < -0.39 is 10.0 Å². The second-order valence-electron chi connectivity index (χ2n) is 3.71. The molecule has 8 heteroatoms. The zero-order valence-corrected chi connectivity index (χ0v) is 12.8. The largest absolute Gasteiger partial charge is 0.251 e. The molecule has 2 rings (SSSR count). The summed E-state index contributed by atoms with van der Waals surface area (Å²) in [5, 5.41) is 0.656. The Hall–Kier alpha value is -0.660. The first-order valence-corrected chi connectivity index (χ1v) is 8.38. The molecule has 0 radical (unpaired) electrons. The van der Waals surface area contributed by atoms with E-state index >= 15 is 0 Å². The molecule has 0 saturated carbocycles. The van der Waals surface area contributed by atoms with Crippen LogP contribution in [-0.2, 0) is 16.4 Å². The summed E-state index contributed by atoms with van der Waals surface area (Å²) in [6, 6.07) is 7.27. The van der Waals surface area contributed by atoms with Gasteiger partial charge in [0.1, 0.15) is 0 Å². The molecule has 0 fully saturated rings. The highest BCUT2D eigenvalue weighted by Crippen LogP contribution is 2.22. The van der Waals surface area contributed by atoms with Crippen LogP contribution in [0.25, 0.3) is 0 Å². The number of sulfonamides is 1. The smallest absolute Gasteiger partial charge is 0.232 e. The SMILES string of the molecule is O=S(=O)(NCCc1ccc(Cl)cc1)c1cnc(Cl)s1. The van der Waals surface area contributed by atoms with Gasteiger partial charge in [-0.15, -0.1) is 0 Å². The number of hydrogen-bond donors (Lipinski definition) is 1. The molecule has 0 unspecified atom stereocenters. The van der Waals surface area contributed by atoms with Crippen molar-refractivity contribution in [2.75, 3.05) is 6.54 Å². The van der Waals surface area contributed by atoms with E-state index in [4.69, 9.17) is 23.2 Å². The summed E-state index contributed by atoms with van der Waals surface area (Å²) in [5.41, 5.74) is 1.01. The number of benzene rings is 1. The number of nitrogens with one attached hydrogen (secondary N) is 1. The lowest BCUT2D eigenvalue weighted by atomic mass is 10.2. The van der Waals surface area contributed by atoms with Crippen molar-refractivity contribution in [2.45, 2.75) is 10.6 Å². The Labute approximate surface area is 125 Å². The van der Waals surface area contributed by atoms with E-state index in [2.05, 4.69) is 9.71 Å². The monoisotopic (exact) mass is 336 g/mol. The minimum absolute atomic E-state index is 0.119. The number of thiazole rings is 1. The molecule has 4 nitrogen and oxygen atoms in total. The second kappa shape index (κ2) is 6.19. The van der Waals surface area contributed by atoms with Crippen molar-refractivity contribution >= 4 is 44.6 Å². The Morgan fingerprint density at radius 2 is 1.89 bits per heavy atom. The molecule has 2 aromatic rings. The first-order chi connectivity index (χ1) is 8.97. The van der Waals surface area contributed by atoms with Crippen LogP contribution in [0, 0.1) is 0 Å². The minimum Gasteiger partial charge on any atom is -0.232 e. The average molecular weight is 337 g/mol. The zero-order chi connectivity index (χ0) is 13.9. The Bertz CT molecular complexity index is 654. The molecule has 102 valence electrons. The van der Waals surface area contributed by atoms with Gasteiger partial charge in [-0.05, 0) is 24.1 Å². The fourth-order valence-corrected chi connectivity index (χ4v) is 3.91. The van der Waals surface area contributed by atoms with Crippen LogP contribution in [0.1, 0.15) is 5.56 Å². The first kappa shape index (κ1) is 14.7. The van der Waals surface area contributed by atoms with Crippen LogP contribution in [0.2, 0.25) is 9.49 Å². The summed E-state index contributed by atoms with van der Waals surface area (Å²) < 4.78 is 26.6. The third-order valence-corrected chi connectivity index (χ3v) is 5.63. The molecule has 0 aliphatic carbocycles. The molecule has 1 heterocycles. The maximum absolute atomic E-state index is 11.9. The van der Waals surface area contributed by atoms with Gasteiger partial charge in [-0.1, -0.05) is 46.7 Å². The average Bonchev–Trinajstić information content (AvgIpc) is 2.79. The van der Waals surface area contributed by atoms with Gasteiger partial charge in [0.05, 0.1) is 6.20 Å². The zero-order valence-electron chi connectivity index (χ0n) is 9.64. The van der Waals surface area contributed by atoms with Crippen LogP contribution in [0.3, 0.4) is 0 Å². The molecule has 0 spiro atoms. The normalized spacial score (nSPS) is 11.7. The molecule has 0 aliphatic heterocycles. The third kappa shape index (κ3) is 4.15. The molecule has 19 heavy (non-hydrogen) atoms. The van der Waals surface area contributed by atoms with Crippen molar-refractivity contribution in [1.29, 1.82) is 0 Å². The summed E-state index contributed by atoms with van der Waals surface area (Å²) in [7, 11) is -3.52. The molecule has 1 aromatic heterocycles.